The quantitative estimate of drug-likeness (QED) is 0.850. The standard InChI is InChI=1S/C17H20ClNO4/c1-17(10-20,11-21)9-19(2)16(22)15-8-7-14(23-15)12-5-3-4-6-13(12)18/h3-8,20-21H,9-11H2,1-2H3. The van der Waals surface area contributed by atoms with Gasteiger partial charge < -0.3 is 19.5 Å². The Balaban J connectivity index is 2.17. The number of aliphatic hydroxyl groups is 2. The molecule has 0 saturated heterocycles. The molecule has 2 aromatic rings. The van der Waals surface area contributed by atoms with E-state index in [4.69, 9.17) is 16.0 Å². The van der Waals surface area contributed by atoms with Crippen molar-refractivity contribution in [2.24, 2.45) is 5.41 Å². The molecule has 0 fully saturated rings. The minimum Gasteiger partial charge on any atom is -0.451 e. The summed E-state index contributed by atoms with van der Waals surface area (Å²) in [6, 6.07) is 10.5. The first-order valence-electron chi connectivity index (χ1n) is 7.22. The van der Waals surface area contributed by atoms with E-state index >= 15 is 0 Å². The molecule has 5 nitrogen and oxygen atoms in total. The molecule has 1 aromatic carbocycles. The third-order valence-corrected chi connectivity index (χ3v) is 4.01. The van der Waals surface area contributed by atoms with Crippen molar-refractivity contribution in [3.8, 4) is 11.3 Å². The zero-order valence-electron chi connectivity index (χ0n) is 13.1. The van der Waals surface area contributed by atoms with Gasteiger partial charge in [0, 0.05) is 24.6 Å². The summed E-state index contributed by atoms with van der Waals surface area (Å²) in [6.45, 7) is 1.48. The Hall–Kier alpha value is -1.82. The molecule has 0 aliphatic carbocycles. The average Bonchev–Trinajstić information content (AvgIpc) is 3.04. The number of aliphatic hydroxyl groups excluding tert-OH is 2. The molecule has 1 aromatic heterocycles. The van der Waals surface area contributed by atoms with Crippen LogP contribution in [-0.2, 0) is 0 Å². The number of benzene rings is 1. The fraction of sp³-hybridized carbons (Fsp3) is 0.353. The van der Waals surface area contributed by atoms with Gasteiger partial charge in [-0.1, -0.05) is 30.7 Å². The number of hydrogen-bond acceptors (Lipinski definition) is 4. The van der Waals surface area contributed by atoms with E-state index in [1.165, 1.54) is 4.90 Å². The molecule has 1 amide bonds. The predicted octanol–water partition coefficient (Wildman–Crippen LogP) is 2.66. The van der Waals surface area contributed by atoms with E-state index < -0.39 is 5.41 Å². The highest BCUT2D eigenvalue weighted by atomic mass is 35.5. The zero-order chi connectivity index (χ0) is 17.0. The highest BCUT2D eigenvalue weighted by Crippen LogP contribution is 2.29. The van der Waals surface area contributed by atoms with Gasteiger partial charge in [0.15, 0.2) is 5.76 Å². The van der Waals surface area contributed by atoms with Gasteiger partial charge in [-0.3, -0.25) is 4.79 Å². The third-order valence-electron chi connectivity index (χ3n) is 3.69. The summed E-state index contributed by atoms with van der Waals surface area (Å²) in [5, 5.41) is 19.2. The van der Waals surface area contributed by atoms with Crippen LogP contribution < -0.4 is 0 Å². The van der Waals surface area contributed by atoms with E-state index in [-0.39, 0.29) is 31.4 Å². The summed E-state index contributed by atoms with van der Waals surface area (Å²) in [5.41, 5.74) is -0.0471. The van der Waals surface area contributed by atoms with Crippen molar-refractivity contribution in [3.63, 3.8) is 0 Å². The molecule has 2 N–H and O–H groups in total. The highest BCUT2D eigenvalue weighted by molar-refractivity contribution is 6.33. The van der Waals surface area contributed by atoms with Crippen molar-refractivity contribution in [1.29, 1.82) is 0 Å². The van der Waals surface area contributed by atoms with Crippen molar-refractivity contribution < 1.29 is 19.4 Å². The van der Waals surface area contributed by atoms with Crippen molar-refractivity contribution in [3.05, 3.63) is 47.2 Å². The summed E-state index contributed by atoms with van der Waals surface area (Å²) in [7, 11) is 1.60. The Morgan fingerprint density at radius 3 is 2.48 bits per heavy atom. The molecule has 0 saturated carbocycles. The Morgan fingerprint density at radius 2 is 1.87 bits per heavy atom. The second-order valence-electron chi connectivity index (χ2n) is 5.93. The summed E-state index contributed by atoms with van der Waals surface area (Å²) < 4.78 is 5.61. The van der Waals surface area contributed by atoms with Crippen molar-refractivity contribution >= 4 is 17.5 Å². The molecule has 0 aliphatic heterocycles. The lowest BCUT2D eigenvalue weighted by Crippen LogP contribution is -2.41. The van der Waals surface area contributed by atoms with Crippen LogP contribution >= 0.6 is 11.6 Å². The number of carbonyl (C=O) groups is 1. The first kappa shape index (κ1) is 17.5. The summed E-state index contributed by atoms with van der Waals surface area (Å²) in [5.74, 6) is 0.372. The van der Waals surface area contributed by atoms with Gasteiger partial charge in [0.05, 0.1) is 18.2 Å². The first-order valence-corrected chi connectivity index (χ1v) is 7.60. The minimum absolute atomic E-state index is 0.181. The van der Waals surface area contributed by atoms with Crippen LogP contribution in [0.5, 0.6) is 0 Å². The van der Waals surface area contributed by atoms with Gasteiger partial charge in [-0.25, -0.2) is 0 Å². The van der Waals surface area contributed by atoms with Gasteiger partial charge in [0.25, 0.3) is 5.91 Å². The largest absolute Gasteiger partial charge is 0.451 e. The first-order chi connectivity index (χ1) is 10.9. The smallest absolute Gasteiger partial charge is 0.289 e. The van der Waals surface area contributed by atoms with Gasteiger partial charge >= 0.3 is 0 Å². The van der Waals surface area contributed by atoms with Crippen LogP contribution in [0, 0.1) is 5.41 Å². The summed E-state index contributed by atoms with van der Waals surface area (Å²) >= 11 is 6.12. The average molecular weight is 338 g/mol. The van der Waals surface area contributed by atoms with Gasteiger partial charge in [-0.15, -0.1) is 0 Å². The number of amides is 1. The Labute approximate surface area is 140 Å². The lowest BCUT2D eigenvalue weighted by atomic mass is 9.92. The SMILES string of the molecule is CN(CC(C)(CO)CO)C(=O)c1ccc(-c2ccccc2Cl)o1. The number of rotatable bonds is 6. The maximum Gasteiger partial charge on any atom is 0.289 e. The Kier molecular flexibility index (Phi) is 5.46. The molecule has 6 heteroatoms. The van der Waals surface area contributed by atoms with Gasteiger partial charge in [-0.05, 0) is 24.3 Å². The lowest BCUT2D eigenvalue weighted by molar-refractivity contribution is 0.0352. The number of hydrogen-bond donors (Lipinski definition) is 2. The van der Waals surface area contributed by atoms with Gasteiger partial charge in [-0.2, -0.15) is 0 Å². The van der Waals surface area contributed by atoms with E-state index in [1.807, 2.05) is 18.2 Å². The second kappa shape index (κ2) is 7.17. The number of carbonyl (C=O) groups excluding carboxylic acids is 1. The molecule has 124 valence electrons. The summed E-state index contributed by atoms with van der Waals surface area (Å²) in [6.07, 6.45) is 0. The fourth-order valence-electron chi connectivity index (χ4n) is 2.24. The van der Waals surface area contributed by atoms with Crippen LogP contribution in [0.1, 0.15) is 17.5 Å². The minimum atomic E-state index is -0.761. The van der Waals surface area contributed by atoms with E-state index in [9.17, 15) is 15.0 Å². The molecule has 0 spiro atoms. The maximum absolute atomic E-state index is 12.4. The zero-order valence-corrected chi connectivity index (χ0v) is 13.9. The van der Waals surface area contributed by atoms with E-state index in [1.54, 1.807) is 32.2 Å². The van der Waals surface area contributed by atoms with Crippen LogP contribution in [0.4, 0.5) is 0 Å². The van der Waals surface area contributed by atoms with Crippen molar-refractivity contribution in [1.82, 2.24) is 4.90 Å². The van der Waals surface area contributed by atoms with E-state index in [0.717, 1.165) is 0 Å². The molecular formula is C17H20ClNO4. The van der Waals surface area contributed by atoms with Crippen molar-refractivity contribution in [2.45, 2.75) is 6.92 Å². The van der Waals surface area contributed by atoms with Crippen LogP contribution in [0.25, 0.3) is 11.3 Å². The number of halogens is 1. The van der Waals surface area contributed by atoms with Crippen LogP contribution in [0.15, 0.2) is 40.8 Å². The van der Waals surface area contributed by atoms with Crippen LogP contribution in [0.3, 0.4) is 0 Å². The molecule has 0 aliphatic rings. The second-order valence-corrected chi connectivity index (χ2v) is 6.34. The predicted molar refractivity (Wildman–Crippen MR) is 88.4 cm³/mol. The molecule has 1 heterocycles. The molecule has 2 rings (SSSR count). The maximum atomic E-state index is 12.4. The topological polar surface area (TPSA) is 73.9 Å². The van der Waals surface area contributed by atoms with Gasteiger partial charge in [0.2, 0.25) is 0 Å². The third kappa shape index (κ3) is 3.93. The summed E-state index contributed by atoms with van der Waals surface area (Å²) in [4.78, 5) is 13.8. The molecule has 0 bridgehead atoms. The number of nitrogens with zero attached hydrogens (tertiary/aromatic N) is 1. The molecule has 23 heavy (non-hydrogen) atoms. The van der Waals surface area contributed by atoms with Crippen LogP contribution in [0.2, 0.25) is 5.02 Å². The van der Waals surface area contributed by atoms with E-state index in [0.29, 0.717) is 16.3 Å². The Morgan fingerprint density at radius 1 is 1.22 bits per heavy atom. The van der Waals surface area contributed by atoms with E-state index in [2.05, 4.69) is 0 Å². The lowest BCUT2D eigenvalue weighted by Gasteiger charge is -2.29. The monoisotopic (exact) mass is 337 g/mol. The normalized spacial score (nSPS) is 11.5. The Bertz CT molecular complexity index is 679. The molecular weight excluding hydrogens is 318 g/mol. The van der Waals surface area contributed by atoms with Crippen LogP contribution in [-0.4, -0.2) is 47.8 Å². The van der Waals surface area contributed by atoms with Gasteiger partial charge in [0.1, 0.15) is 5.76 Å². The highest BCUT2D eigenvalue weighted by Gasteiger charge is 2.28. The molecule has 0 unspecified atom stereocenters. The fourth-order valence-corrected chi connectivity index (χ4v) is 2.47. The number of furan rings is 1. The molecule has 0 atom stereocenters. The van der Waals surface area contributed by atoms with Crippen molar-refractivity contribution in [2.75, 3.05) is 26.8 Å². The molecule has 0 radical (unpaired) electrons.